The van der Waals surface area contributed by atoms with E-state index in [9.17, 15) is 14.9 Å². The third kappa shape index (κ3) is 3.10. The van der Waals surface area contributed by atoms with Crippen molar-refractivity contribution in [3.63, 3.8) is 0 Å². The van der Waals surface area contributed by atoms with Crippen molar-refractivity contribution in [2.45, 2.75) is 32.9 Å². The van der Waals surface area contributed by atoms with Gasteiger partial charge < -0.3 is 14.0 Å². The SMILES string of the molecule is CCOc1cc2c(cc1Cn1ccc(=O)c([N+](=O)[O-])c1)OC(C)C2. The van der Waals surface area contributed by atoms with Crippen LogP contribution in [-0.2, 0) is 13.0 Å². The van der Waals surface area contributed by atoms with Gasteiger partial charge >= 0.3 is 5.69 Å². The van der Waals surface area contributed by atoms with Crippen LogP contribution in [0.25, 0.3) is 0 Å². The highest BCUT2D eigenvalue weighted by Gasteiger charge is 2.22. The van der Waals surface area contributed by atoms with E-state index in [1.165, 1.54) is 18.5 Å². The molecule has 126 valence electrons. The minimum absolute atomic E-state index is 0.123. The predicted octanol–water partition coefficient (Wildman–Crippen LogP) is 2.53. The minimum atomic E-state index is -0.671. The molecule has 1 atom stereocenters. The third-order valence-electron chi connectivity index (χ3n) is 3.89. The highest BCUT2D eigenvalue weighted by molar-refractivity contribution is 5.49. The molecule has 0 N–H and O–H groups in total. The lowest BCUT2D eigenvalue weighted by Crippen LogP contribution is -2.12. The molecule has 1 aromatic carbocycles. The summed E-state index contributed by atoms with van der Waals surface area (Å²) in [6.45, 7) is 4.78. The fourth-order valence-electron chi connectivity index (χ4n) is 2.84. The average Bonchev–Trinajstić information content (AvgIpc) is 2.88. The first-order valence-electron chi connectivity index (χ1n) is 7.77. The molecule has 0 saturated heterocycles. The summed E-state index contributed by atoms with van der Waals surface area (Å²) in [5.41, 5.74) is 0.900. The van der Waals surface area contributed by atoms with Gasteiger partial charge in [-0.15, -0.1) is 0 Å². The van der Waals surface area contributed by atoms with Crippen molar-refractivity contribution in [2.24, 2.45) is 0 Å². The van der Waals surface area contributed by atoms with Gasteiger partial charge in [0.1, 0.15) is 17.6 Å². The molecule has 3 rings (SSSR count). The van der Waals surface area contributed by atoms with Gasteiger partial charge in [-0.3, -0.25) is 14.9 Å². The number of nitro groups is 1. The maximum Gasteiger partial charge on any atom is 0.332 e. The second-order valence-electron chi connectivity index (χ2n) is 5.76. The van der Waals surface area contributed by atoms with E-state index in [2.05, 4.69) is 0 Å². The van der Waals surface area contributed by atoms with Crippen LogP contribution < -0.4 is 14.9 Å². The molecule has 1 aliphatic heterocycles. The Morgan fingerprint density at radius 2 is 2.25 bits per heavy atom. The zero-order valence-electron chi connectivity index (χ0n) is 13.5. The highest BCUT2D eigenvalue weighted by atomic mass is 16.6. The van der Waals surface area contributed by atoms with Gasteiger partial charge in [-0.1, -0.05) is 0 Å². The van der Waals surface area contributed by atoms with Gasteiger partial charge in [-0.05, 0) is 26.0 Å². The van der Waals surface area contributed by atoms with Gasteiger partial charge in [0.2, 0.25) is 0 Å². The molecular formula is C17H18N2O5. The number of pyridine rings is 1. The molecule has 0 spiro atoms. The Kier molecular flexibility index (Phi) is 4.24. The number of nitrogens with zero attached hydrogens (tertiary/aromatic N) is 2. The number of fused-ring (bicyclic) bond motifs is 1. The lowest BCUT2D eigenvalue weighted by atomic mass is 10.1. The van der Waals surface area contributed by atoms with Crippen LogP contribution in [-0.4, -0.2) is 22.2 Å². The normalized spacial score (nSPS) is 15.7. The standard InChI is InChI=1S/C17H18N2O5/c1-3-23-16-7-12-6-11(2)24-17(12)8-13(16)9-18-5-4-15(20)14(10-18)19(21)22/h4-5,7-8,10-11H,3,6,9H2,1-2H3. The second-order valence-corrected chi connectivity index (χ2v) is 5.76. The van der Waals surface area contributed by atoms with Crippen LogP contribution >= 0.6 is 0 Å². The summed E-state index contributed by atoms with van der Waals surface area (Å²) in [5.74, 6) is 1.55. The zero-order valence-corrected chi connectivity index (χ0v) is 13.5. The van der Waals surface area contributed by atoms with Crippen molar-refractivity contribution in [3.05, 3.63) is 62.1 Å². The highest BCUT2D eigenvalue weighted by Crippen LogP contribution is 2.35. The van der Waals surface area contributed by atoms with Gasteiger partial charge in [0.25, 0.3) is 5.43 Å². The predicted molar refractivity (Wildman–Crippen MR) is 87.9 cm³/mol. The van der Waals surface area contributed by atoms with Crippen molar-refractivity contribution in [1.82, 2.24) is 4.57 Å². The quantitative estimate of drug-likeness (QED) is 0.621. The Balaban J connectivity index is 1.98. The Hall–Kier alpha value is -2.83. The molecule has 7 heteroatoms. The second kappa shape index (κ2) is 6.35. The van der Waals surface area contributed by atoms with Crippen molar-refractivity contribution in [1.29, 1.82) is 0 Å². The molecule has 1 unspecified atom stereocenters. The van der Waals surface area contributed by atoms with E-state index in [-0.39, 0.29) is 6.10 Å². The first-order valence-corrected chi connectivity index (χ1v) is 7.77. The van der Waals surface area contributed by atoms with Crippen LogP contribution in [0.1, 0.15) is 25.0 Å². The van der Waals surface area contributed by atoms with Gasteiger partial charge in [-0.2, -0.15) is 0 Å². The molecule has 0 bridgehead atoms. The van der Waals surface area contributed by atoms with Crippen molar-refractivity contribution < 1.29 is 14.4 Å². The van der Waals surface area contributed by atoms with E-state index in [1.807, 2.05) is 26.0 Å². The van der Waals surface area contributed by atoms with Crippen molar-refractivity contribution >= 4 is 5.69 Å². The van der Waals surface area contributed by atoms with Crippen molar-refractivity contribution in [2.75, 3.05) is 6.61 Å². The summed E-state index contributed by atoms with van der Waals surface area (Å²) in [6.07, 6.45) is 3.73. The number of ether oxygens (including phenoxy) is 2. The van der Waals surface area contributed by atoms with Gasteiger partial charge in [0, 0.05) is 29.8 Å². The largest absolute Gasteiger partial charge is 0.494 e. The first-order chi connectivity index (χ1) is 11.5. The lowest BCUT2D eigenvalue weighted by molar-refractivity contribution is -0.386. The fourth-order valence-corrected chi connectivity index (χ4v) is 2.84. The Bertz CT molecular complexity index is 843. The zero-order chi connectivity index (χ0) is 17.3. The van der Waals surface area contributed by atoms with E-state index >= 15 is 0 Å². The molecule has 2 aromatic rings. The van der Waals surface area contributed by atoms with Crippen LogP contribution in [0.5, 0.6) is 11.5 Å². The maximum atomic E-state index is 11.5. The first kappa shape index (κ1) is 16.0. The monoisotopic (exact) mass is 330 g/mol. The summed E-state index contributed by atoms with van der Waals surface area (Å²) < 4.78 is 13.1. The topological polar surface area (TPSA) is 83.6 Å². The van der Waals surface area contributed by atoms with E-state index < -0.39 is 16.0 Å². The van der Waals surface area contributed by atoms with E-state index in [4.69, 9.17) is 9.47 Å². The molecule has 7 nitrogen and oxygen atoms in total. The number of hydrogen-bond donors (Lipinski definition) is 0. The van der Waals surface area contributed by atoms with Crippen LogP contribution in [0.4, 0.5) is 5.69 Å². The molecule has 0 aliphatic carbocycles. The lowest BCUT2D eigenvalue weighted by Gasteiger charge is -2.14. The molecular weight excluding hydrogens is 312 g/mol. The fraction of sp³-hybridized carbons (Fsp3) is 0.353. The van der Waals surface area contributed by atoms with Crippen molar-refractivity contribution in [3.8, 4) is 11.5 Å². The van der Waals surface area contributed by atoms with Crippen LogP contribution in [0.3, 0.4) is 0 Å². The summed E-state index contributed by atoms with van der Waals surface area (Å²) >= 11 is 0. The number of rotatable bonds is 5. The molecule has 2 heterocycles. The van der Waals surface area contributed by atoms with Crippen LogP contribution in [0, 0.1) is 10.1 Å². The van der Waals surface area contributed by atoms with Gasteiger partial charge in [0.05, 0.1) is 24.3 Å². The summed E-state index contributed by atoms with van der Waals surface area (Å²) in [5, 5.41) is 10.9. The average molecular weight is 330 g/mol. The Morgan fingerprint density at radius 1 is 1.46 bits per heavy atom. The Morgan fingerprint density at radius 3 is 2.96 bits per heavy atom. The number of benzene rings is 1. The third-order valence-corrected chi connectivity index (χ3v) is 3.89. The van der Waals surface area contributed by atoms with E-state index in [1.54, 1.807) is 4.57 Å². The summed E-state index contributed by atoms with van der Waals surface area (Å²) in [6, 6.07) is 5.08. The van der Waals surface area contributed by atoms with E-state index in [0.29, 0.717) is 13.2 Å². The summed E-state index contributed by atoms with van der Waals surface area (Å²) in [4.78, 5) is 21.8. The van der Waals surface area contributed by atoms with E-state index in [0.717, 1.165) is 29.0 Å². The molecule has 0 radical (unpaired) electrons. The summed E-state index contributed by atoms with van der Waals surface area (Å²) in [7, 11) is 0. The molecule has 0 fully saturated rings. The Labute approximate surface area is 138 Å². The van der Waals surface area contributed by atoms with Crippen LogP contribution in [0.2, 0.25) is 0 Å². The minimum Gasteiger partial charge on any atom is -0.494 e. The molecule has 0 amide bonds. The molecule has 24 heavy (non-hydrogen) atoms. The number of hydrogen-bond acceptors (Lipinski definition) is 5. The van der Waals surface area contributed by atoms with Gasteiger partial charge in [0.15, 0.2) is 0 Å². The number of aromatic nitrogens is 1. The maximum absolute atomic E-state index is 11.5. The molecule has 0 saturated carbocycles. The smallest absolute Gasteiger partial charge is 0.332 e. The van der Waals surface area contributed by atoms with Gasteiger partial charge in [-0.25, -0.2) is 0 Å². The molecule has 1 aromatic heterocycles. The molecule has 1 aliphatic rings. The van der Waals surface area contributed by atoms with Crippen LogP contribution in [0.15, 0.2) is 35.4 Å².